The minimum Gasteiger partial charge on any atom is -0.478 e. The van der Waals surface area contributed by atoms with Gasteiger partial charge in [-0.3, -0.25) is 4.98 Å². The number of nitrogens with two attached hydrogens (primary N) is 1. The van der Waals surface area contributed by atoms with E-state index in [1.54, 1.807) is 30.6 Å². The van der Waals surface area contributed by atoms with Crippen molar-refractivity contribution in [2.45, 2.75) is 44.8 Å². The number of nitrogens with one attached hydrogen (secondary N) is 1. The van der Waals surface area contributed by atoms with Crippen molar-refractivity contribution in [1.29, 1.82) is 0 Å². The molecule has 3 rings (SSSR count). The second-order valence-electron chi connectivity index (χ2n) is 8.55. The van der Waals surface area contributed by atoms with Crippen molar-refractivity contribution in [3.05, 3.63) is 53.9 Å². The maximum Gasteiger partial charge on any atom is 0.407 e. The Morgan fingerprint density at radius 1 is 1.27 bits per heavy atom. The van der Waals surface area contributed by atoms with Gasteiger partial charge in [0.2, 0.25) is 0 Å². The summed E-state index contributed by atoms with van der Waals surface area (Å²) in [5.41, 5.74) is 8.07. The molecule has 30 heavy (non-hydrogen) atoms. The van der Waals surface area contributed by atoms with Gasteiger partial charge in [0, 0.05) is 25.2 Å². The van der Waals surface area contributed by atoms with Crippen LogP contribution in [0.4, 0.5) is 16.2 Å². The molecule has 0 aliphatic carbocycles. The molecule has 4 N–H and O–H groups in total. The molecule has 1 fully saturated rings. The number of aromatic nitrogens is 1. The number of carbonyl (C=O) groups excluding carboxylic acids is 1. The van der Waals surface area contributed by atoms with E-state index in [4.69, 9.17) is 10.5 Å². The number of nitrogen functional groups attached to an aromatic ring is 1. The molecule has 8 heteroatoms. The average molecular weight is 412 g/mol. The van der Waals surface area contributed by atoms with Gasteiger partial charge < -0.3 is 25.8 Å². The van der Waals surface area contributed by atoms with Crippen LogP contribution < -0.4 is 16.0 Å². The minimum absolute atomic E-state index is 0.00514. The van der Waals surface area contributed by atoms with Gasteiger partial charge in [-0.2, -0.15) is 0 Å². The van der Waals surface area contributed by atoms with Gasteiger partial charge in [0.25, 0.3) is 0 Å². The number of hydrogen-bond donors (Lipinski definition) is 3. The van der Waals surface area contributed by atoms with E-state index in [9.17, 15) is 14.7 Å². The highest BCUT2D eigenvalue weighted by Gasteiger charge is 2.31. The number of alkyl carbamates (subject to hydrolysis) is 1. The lowest BCUT2D eigenvalue weighted by Gasteiger charge is -2.40. The Morgan fingerprint density at radius 3 is 2.70 bits per heavy atom. The van der Waals surface area contributed by atoms with Crippen LogP contribution in [0.1, 0.15) is 49.0 Å². The minimum atomic E-state index is -0.966. The molecule has 1 aliphatic rings. The normalized spacial score (nSPS) is 19.2. The van der Waals surface area contributed by atoms with Crippen molar-refractivity contribution in [3.63, 3.8) is 0 Å². The fraction of sp³-hybridized carbons (Fsp3) is 0.409. The highest BCUT2D eigenvalue weighted by molar-refractivity contribution is 5.87. The summed E-state index contributed by atoms with van der Waals surface area (Å²) in [7, 11) is 0. The van der Waals surface area contributed by atoms with Crippen LogP contribution in [0.15, 0.2) is 42.7 Å². The summed E-state index contributed by atoms with van der Waals surface area (Å²) in [6.07, 6.45) is 3.45. The average Bonchev–Trinajstić information content (AvgIpc) is 2.66. The molecule has 0 radical (unpaired) electrons. The Hall–Kier alpha value is -3.29. The Labute approximate surface area is 176 Å². The molecule has 1 saturated heterocycles. The monoisotopic (exact) mass is 412 g/mol. The van der Waals surface area contributed by atoms with Gasteiger partial charge in [-0.15, -0.1) is 0 Å². The molecular formula is C22H28N4O4. The molecule has 0 saturated carbocycles. The largest absolute Gasteiger partial charge is 0.478 e. The Morgan fingerprint density at radius 2 is 2.03 bits per heavy atom. The van der Waals surface area contributed by atoms with Gasteiger partial charge in [0.1, 0.15) is 5.60 Å². The van der Waals surface area contributed by atoms with E-state index in [1.807, 2.05) is 32.9 Å². The number of ether oxygens (including phenoxy) is 1. The van der Waals surface area contributed by atoms with Crippen molar-refractivity contribution in [2.24, 2.45) is 0 Å². The van der Waals surface area contributed by atoms with E-state index in [0.717, 1.165) is 11.3 Å². The lowest BCUT2D eigenvalue weighted by molar-refractivity contribution is 0.0497. The Balaban J connectivity index is 1.87. The second kappa shape index (κ2) is 8.61. The number of aromatic carboxylic acids is 1. The summed E-state index contributed by atoms with van der Waals surface area (Å²) in [5.74, 6) is -0.961. The number of benzene rings is 1. The van der Waals surface area contributed by atoms with E-state index in [1.165, 1.54) is 0 Å². The van der Waals surface area contributed by atoms with Gasteiger partial charge in [-0.05, 0) is 51.0 Å². The molecule has 0 spiro atoms. The fourth-order valence-electron chi connectivity index (χ4n) is 3.73. The summed E-state index contributed by atoms with van der Waals surface area (Å²) in [6.45, 7) is 6.65. The number of nitrogens with zero attached hydrogens (tertiary/aromatic N) is 2. The van der Waals surface area contributed by atoms with Crippen molar-refractivity contribution in [3.8, 4) is 0 Å². The number of carbonyl (C=O) groups is 2. The summed E-state index contributed by atoms with van der Waals surface area (Å²) >= 11 is 0. The summed E-state index contributed by atoms with van der Waals surface area (Å²) in [6, 6.07) is 8.58. The third-order valence-electron chi connectivity index (χ3n) is 4.94. The zero-order chi connectivity index (χ0) is 21.9. The number of pyridine rings is 1. The molecule has 0 bridgehead atoms. The number of hydrogen-bond acceptors (Lipinski definition) is 6. The van der Waals surface area contributed by atoms with E-state index in [-0.39, 0.29) is 17.5 Å². The lowest BCUT2D eigenvalue weighted by Crippen LogP contribution is -2.51. The summed E-state index contributed by atoms with van der Waals surface area (Å²) in [4.78, 5) is 29.9. The first-order chi connectivity index (χ1) is 14.1. The number of carboxylic acid groups (broad SMARTS) is 1. The van der Waals surface area contributed by atoms with Crippen molar-refractivity contribution in [2.75, 3.05) is 23.7 Å². The molecule has 1 amide bonds. The van der Waals surface area contributed by atoms with Crippen LogP contribution in [-0.4, -0.2) is 46.9 Å². The third-order valence-corrected chi connectivity index (χ3v) is 4.94. The molecule has 1 aromatic carbocycles. The van der Waals surface area contributed by atoms with E-state index >= 15 is 0 Å². The molecule has 0 unspecified atom stereocenters. The van der Waals surface area contributed by atoms with E-state index in [2.05, 4.69) is 15.2 Å². The molecule has 2 atom stereocenters. The highest BCUT2D eigenvalue weighted by atomic mass is 16.6. The number of carboxylic acids is 1. The first kappa shape index (κ1) is 21.4. The van der Waals surface area contributed by atoms with Gasteiger partial charge in [-0.1, -0.05) is 12.1 Å². The number of piperidine rings is 1. The molecule has 1 aliphatic heterocycles. The molecule has 8 nitrogen and oxygen atoms in total. The quantitative estimate of drug-likeness (QED) is 0.705. The van der Waals surface area contributed by atoms with Gasteiger partial charge in [0.05, 0.1) is 29.2 Å². The van der Waals surface area contributed by atoms with E-state index in [0.29, 0.717) is 25.2 Å². The predicted octanol–water partition coefficient (Wildman–Crippen LogP) is 3.25. The summed E-state index contributed by atoms with van der Waals surface area (Å²) < 4.78 is 5.42. The Kier molecular flexibility index (Phi) is 6.14. The number of anilines is 2. The molecule has 1 aromatic heterocycles. The van der Waals surface area contributed by atoms with Crippen molar-refractivity contribution >= 4 is 23.4 Å². The molecular weight excluding hydrogens is 384 g/mol. The second-order valence-corrected chi connectivity index (χ2v) is 8.55. The van der Waals surface area contributed by atoms with Crippen molar-refractivity contribution in [1.82, 2.24) is 10.3 Å². The van der Waals surface area contributed by atoms with Crippen molar-refractivity contribution < 1.29 is 19.4 Å². The zero-order valence-corrected chi connectivity index (χ0v) is 17.5. The standard InChI is InChI=1S/C22H28N4O4/c1-22(2,3)30-21(29)25-17-10-16(14-5-4-6-15(9-14)20(27)28)12-26(13-17)19-7-8-24-11-18(19)23/h4-9,11,16-17H,10,12-13,23H2,1-3H3,(H,25,29)(H,27,28)/t16-,17+/m1/s1. The van der Waals surface area contributed by atoms with Crippen LogP contribution >= 0.6 is 0 Å². The van der Waals surface area contributed by atoms with Crippen LogP contribution in [0.25, 0.3) is 0 Å². The SMILES string of the molecule is CC(C)(C)OC(=O)N[C@H]1C[C@@H](c2cccc(C(=O)O)c2)CN(c2ccncc2N)C1. The van der Waals surface area contributed by atoms with Crippen LogP contribution in [0.5, 0.6) is 0 Å². The lowest BCUT2D eigenvalue weighted by atomic mass is 9.87. The van der Waals surface area contributed by atoms with Gasteiger partial charge in [0.15, 0.2) is 0 Å². The number of rotatable bonds is 4. The molecule has 160 valence electrons. The Bertz CT molecular complexity index is 925. The highest BCUT2D eigenvalue weighted by Crippen LogP contribution is 2.33. The van der Waals surface area contributed by atoms with Gasteiger partial charge in [-0.25, -0.2) is 9.59 Å². The molecule has 2 aromatic rings. The first-order valence-corrected chi connectivity index (χ1v) is 9.89. The number of amides is 1. The van der Waals surface area contributed by atoms with Crippen LogP contribution in [0.3, 0.4) is 0 Å². The van der Waals surface area contributed by atoms with Crippen LogP contribution in [-0.2, 0) is 4.74 Å². The van der Waals surface area contributed by atoms with Crippen LogP contribution in [0, 0.1) is 0 Å². The smallest absolute Gasteiger partial charge is 0.407 e. The predicted molar refractivity (Wildman–Crippen MR) is 115 cm³/mol. The van der Waals surface area contributed by atoms with Gasteiger partial charge >= 0.3 is 12.1 Å². The maximum absolute atomic E-state index is 12.4. The topological polar surface area (TPSA) is 118 Å². The third kappa shape index (κ3) is 5.40. The van der Waals surface area contributed by atoms with Crippen LogP contribution in [0.2, 0.25) is 0 Å². The first-order valence-electron chi connectivity index (χ1n) is 9.89. The van der Waals surface area contributed by atoms with E-state index < -0.39 is 17.7 Å². The summed E-state index contributed by atoms with van der Waals surface area (Å²) in [5, 5.41) is 12.3. The zero-order valence-electron chi connectivity index (χ0n) is 17.5. The maximum atomic E-state index is 12.4. The molecule has 2 heterocycles. The fourth-order valence-corrected chi connectivity index (χ4v) is 3.73.